The molecule has 0 bridgehead atoms. The second-order valence-electron chi connectivity index (χ2n) is 8.43. The smallest absolute Gasteiger partial charge is 0.245 e. The zero-order valence-electron chi connectivity index (χ0n) is 19.7. The normalized spacial score (nSPS) is 19.0. The molecule has 11 nitrogen and oxygen atoms in total. The Hall–Kier alpha value is -2.69. The minimum absolute atomic E-state index is 0.108. The van der Waals surface area contributed by atoms with E-state index in [9.17, 15) is 24.0 Å². The lowest BCUT2D eigenvalue weighted by molar-refractivity contribution is -0.142. The van der Waals surface area contributed by atoms with Gasteiger partial charge in [0.05, 0.1) is 26.3 Å². The third-order valence-corrected chi connectivity index (χ3v) is 5.84. The summed E-state index contributed by atoms with van der Waals surface area (Å²) in [4.78, 5) is 64.6. The molecule has 5 amide bonds. The van der Waals surface area contributed by atoms with E-state index in [-0.39, 0.29) is 36.7 Å². The first-order valence-corrected chi connectivity index (χ1v) is 11.8. The summed E-state index contributed by atoms with van der Waals surface area (Å²) >= 11 is 0. The number of nitrogens with zero attached hydrogens (tertiary/aromatic N) is 2. The Morgan fingerprint density at radius 2 is 1.73 bits per heavy atom. The molecule has 186 valence electrons. The number of carbonyl (C=O) groups excluding carboxylic acids is 5. The monoisotopic (exact) mass is 467 g/mol. The second-order valence-corrected chi connectivity index (χ2v) is 8.43. The largest absolute Gasteiger partial charge is 0.378 e. The van der Waals surface area contributed by atoms with Crippen molar-refractivity contribution in [3.63, 3.8) is 0 Å². The van der Waals surface area contributed by atoms with E-state index >= 15 is 0 Å². The summed E-state index contributed by atoms with van der Waals surface area (Å²) in [6.45, 7) is 5.30. The SMILES string of the molecule is CCCCCC(NC(=O)C1CCCN1C(=O)CNC(=O)CNC(C)=O)C(=O)N1CCOCC1. The molecule has 2 fully saturated rings. The van der Waals surface area contributed by atoms with Crippen molar-refractivity contribution >= 4 is 29.5 Å². The van der Waals surface area contributed by atoms with Gasteiger partial charge in [-0.05, 0) is 19.3 Å². The molecule has 2 unspecified atom stereocenters. The van der Waals surface area contributed by atoms with Crippen molar-refractivity contribution in [3.05, 3.63) is 0 Å². The molecule has 2 heterocycles. The van der Waals surface area contributed by atoms with Crippen LogP contribution in [-0.4, -0.2) is 97.4 Å². The van der Waals surface area contributed by atoms with Gasteiger partial charge in [-0.1, -0.05) is 26.2 Å². The third-order valence-electron chi connectivity index (χ3n) is 5.84. The number of rotatable bonds is 11. The van der Waals surface area contributed by atoms with Crippen LogP contribution in [0.2, 0.25) is 0 Å². The molecule has 0 aromatic carbocycles. The van der Waals surface area contributed by atoms with E-state index < -0.39 is 18.0 Å². The maximum absolute atomic E-state index is 13.1. The third kappa shape index (κ3) is 8.64. The molecule has 2 aliphatic heterocycles. The summed E-state index contributed by atoms with van der Waals surface area (Å²) in [5.41, 5.74) is 0. The molecule has 0 aromatic heterocycles. The van der Waals surface area contributed by atoms with Crippen molar-refractivity contribution in [3.8, 4) is 0 Å². The Balaban J connectivity index is 1.94. The Morgan fingerprint density at radius 1 is 1.00 bits per heavy atom. The van der Waals surface area contributed by atoms with Gasteiger partial charge in [0.25, 0.3) is 0 Å². The van der Waals surface area contributed by atoms with Gasteiger partial charge in [0.2, 0.25) is 29.5 Å². The van der Waals surface area contributed by atoms with Crippen LogP contribution in [-0.2, 0) is 28.7 Å². The summed E-state index contributed by atoms with van der Waals surface area (Å²) in [5, 5.41) is 7.72. The van der Waals surface area contributed by atoms with Crippen molar-refractivity contribution in [2.75, 3.05) is 45.9 Å². The summed E-state index contributed by atoms with van der Waals surface area (Å²) < 4.78 is 5.32. The Morgan fingerprint density at radius 3 is 2.39 bits per heavy atom. The molecule has 3 N–H and O–H groups in total. The lowest BCUT2D eigenvalue weighted by Crippen LogP contribution is -2.56. The van der Waals surface area contributed by atoms with Crippen LogP contribution in [0.5, 0.6) is 0 Å². The van der Waals surface area contributed by atoms with Gasteiger partial charge < -0.3 is 30.5 Å². The number of hydrogen-bond donors (Lipinski definition) is 3. The van der Waals surface area contributed by atoms with Gasteiger partial charge in [-0.3, -0.25) is 24.0 Å². The molecule has 2 saturated heterocycles. The van der Waals surface area contributed by atoms with Gasteiger partial charge in [0, 0.05) is 26.6 Å². The number of unbranched alkanes of at least 4 members (excludes halogenated alkanes) is 2. The highest BCUT2D eigenvalue weighted by Gasteiger charge is 2.36. The van der Waals surface area contributed by atoms with Crippen LogP contribution < -0.4 is 16.0 Å². The van der Waals surface area contributed by atoms with Crippen molar-refractivity contribution < 1.29 is 28.7 Å². The van der Waals surface area contributed by atoms with Crippen LogP contribution in [0.25, 0.3) is 0 Å². The van der Waals surface area contributed by atoms with Crippen molar-refractivity contribution in [2.24, 2.45) is 0 Å². The van der Waals surface area contributed by atoms with Gasteiger partial charge in [-0.2, -0.15) is 0 Å². The fourth-order valence-electron chi connectivity index (χ4n) is 4.01. The quantitative estimate of drug-likeness (QED) is 0.339. The second kappa shape index (κ2) is 13.8. The average Bonchev–Trinajstić information content (AvgIpc) is 3.31. The topological polar surface area (TPSA) is 137 Å². The van der Waals surface area contributed by atoms with E-state index in [1.807, 2.05) is 0 Å². The van der Waals surface area contributed by atoms with E-state index in [1.54, 1.807) is 4.90 Å². The predicted octanol–water partition coefficient (Wildman–Crippen LogP) is -0.846. The van der Waals surface area contributed by atoms with Crippen LogP contribution in [0, 0.1) is 0 Å². The minimum Gasteiger partial charge on any atom is -0.378 e. The highest BCUT2D eigenvalue weighted by molar-refractivity contribution is 5.94. The van der Waals surface area contributed by atoms with Crippen molar-refractivity contribution in [2.45, 2.75) is 64.5 Å². The molecular weight excluding hydrogens is 430 g/mol. The molecule has 2 rings (SSSR count). The zero-order chi connectivity index (χ0) is 24.2. The van der Waals surface area contributed by atoms with Crippen LogP contribution in [0.3, 0.4) is 0 Å². The van der Waals surface area contributed by atoms with Gasteiger partial charge in [-0.15, -0.1) is 0 Å². The Labute approximate surface area is 194 Å². The van der Waals surface area contributed by atoms with E-state index in [0.717, 1.165) is 19.3 Å². The van der Waals surface area contributed by atoms with Gasteiger partial charge in [0.15, 0.2) is 0 Å². The van der Waals surface area contributed by atoms with Gasteiger partial charge in [-0.25, -0.2) is 0 Å². The summed E-state index contributed by atoms with van der Waals surface area (Å²) in [7, 11) is 0. The summed E-state index contributed by atoms with van der Waals surface area (Å²) in [6.07, 6.45) is 4.52. The number of nitrogens with one attached hydrogen (secondary N) is 3. The number of carbonyl (C=O) groups is 5. The number of hydrogen-bond acceptors (Lipinski definition) is 6. The van der Waals surface area contributed by atoms with E-state index in [4.69, 9.17) is 4.74 Å². The first-order chi connectivity index (χ1) is 15.8. The molecule has 2 aliphatic rings. The number of ether oxygens (including phenoxy) is 1. The number of amides is 5. The molecule has 0 saturated carbocycles. The molecule has 0 aliphatic carbocycles. The van der Waals surface area contributed by atoms with Crippen LogP contribution in [0.15, 0.2) is 0 Å². The fraction of sp³-hybridized carbons (Fsp3) is 0.773. The lowest BCUT2D eigenvalue weighted by Gasteiger charge is -2.32. The molecule has 33 heavy (non-hydrogen) atoms. The Kier molecular flexibility index (Phi) is 11.1. The summed E-state index contributed by atoms with van der Waals surface area (Å²) in [6, 6.07) is -1.30. The highest BCUT2D eigenvalue weighted by Crippen LogP contribution is 2.18. The summed E-state index contributed by atoms with van der Waals surface area (Å²) in [5.74, 6) is -1.64. The van der Waals surface area contributed by atoms with E-state index in [0.29, 0.717) is 52.1 Å². The zero-order valence-corrected chi connectivity index (χ0v) is 19.7. The van der Waals surface area contributed by atoms with Crippen molar-refractivity contribution in [1.82, 2.24) is 25.8 Å². The number of morpholine rings is 1. The molecule has 2 atom stereocenters. The van der Waals surface area contributed by atoms with E-state index in [2.05, 4.69) is 22.9 Å². The van der Waals surface area contributed by atoms with Gasteiger partial charge >= 0.3 is 0 Å². The van der Waals surface area contributed by atoms with E-state index in [1.165, 1.54) is 11.8 Å². The highest BCUT2D eigenvalue weighted by atomic mass is 16.5. The first-order valence-electron chi connectivity index (χ1n) is 11.8. The fourth-order valence-corrected chi connectivity index (χ4v) is 4.01. The molecular formula is C22H37N5O6. The van der Waals surface area contributed by atoms with Gasteiger partial charge in [0.1, 0.15) is 12.1 Å². The average molecular weight is 468 g/mol. The minimum atomic E-state index is -0.670. The maximum atomic E-state index is 13.1. The molecule has 11 heteroatoms. The van der Waals surface area contributed by atoms with Crippen LogP contribution in [0.1, 0.15) is 52.4 Å². The van der Waals surface area contributed by atoms with Crippen LogP contribution >= 0.6 is 0 Å². The Bertz CT molecular complexity index is 709. The lowest BCUT2D eigenvalue weighted by atomic mass is 10.1. The van der Waals surface area contributed by atoms with Crippen molar-refractivity contribution in [1.29, 1.82) is 0 Å². The standard InChI is InChI=1S/C22H37N5O6/c1-3-4-5-7-17(22(32)26-10-12-33-13-11-26)25-21(31)18-8-6-9-27(18)20(30)15-24-19(29)14-23-16(2)28/h17-18H,3-15H2,1-2H3,(H,23,28)(H,24,29)(H,25,31). The molecule has 0 aromatic rings. The molecule has 0 spiro atoms. The molecule has 0 radical (unpaired) electrons. The maximum Gasteiger partial charge on any atom is 0.245 e. The van der Waals surface area contributed by atoms with Crippen LogP contribution in [0.4, 0.5) is 0 Å². The predicted molar refractivity (Wildman–Crippen MR) is 120 cm³/mol. The first kappa shape index (κ1) is 26.6. The number of likely N-dealkylation sites (tertiary alicyclic amines) is 1.